The Balaban J connectivity index is 1.43. The number of carbonyl (C=O) groups excluding carboxylic acids is 1. The number of hydrogen-bond donors (Lipinski definition) is 0. The molecule has 0 bridgehead atoms. The van der Waals surface area contributed by atoms with E-state index in [0.29, 0.717) is 0 Å². The highest BCUT2D eigenvalue weighted by Crippen LogP contribution is 2.35. The van der Waals surface area contributed by atoms with Gasteiger partial charge in [-0.15, -0.1) is 0 Å². The zero-order valence-electron chi connectivity index (χ0n) is 19.1. The molecule has 0 N–H and O–H groups in total. The average Bonchev–Trinajstić information content (AvgIpc) is 2.85. The standard InChI is InChI=1S/C30H32O2/c1-3-4-5-6-22-7-9-23(10-8-22)24-11-13-25(14-12-24)27-17-20-29(30(31)21-27)26-15-18-28(32-2)19-16-26/h7-16,18-19,21,29H,3-6,17,20H2,1-2H3. The van der Waals surface area contributed by atoms with Gasteiger partial charge in [-0.2, -0.15) is 0 Å². The predicted octanol–water partition coefficient (Wildman–Crippen LogP) is 7.63. The van der Waals surface area contributed by atoms with Gasteiger partial charge in [0.15, 0.2) is 5.78 Å². The Morgan fingerprint density at radius 3 is 2.03 bits per heavy atom. The van der Waals surface area contributed by atoms with Gasteiger partial charge in [-0.05, 0) is 77.3 Å². The van der Waals surface area contributed by atoms with E-state index in [2.05, 4.69) is 55.5 Å². The minimum Gasteiger partial charge on any atom is -0.497 e. The van der Waals surface area contributed by atoms with Crippen LogP contribution in [0.1, 0.15) is 61.6 Å². The van der Waals surface area contributed by atoms with Crippen LogP contribution in [0.2, 0.25) is 0 Å². The van der Waals surface area contributed by atoms with Crippen LogP contribution in [-0.2, 0) is 11.2 Å². The van der Waals surface area contributed by atoms with Crippen molar-refractivity contribution in [3.05, 3.63) is 95.6 Å². The van der Waals surface area contributed by atoms with Crippen molar-refractivity contribution in [3.63, 3.8) is 0 Å². The quantitative estimate of drug-likeness (QED) is 0.348. The molecule has 2 heteroatoms. The predicted molar refractivity (Wildman–Crippen MR) is 133 cm³/mol. The van der Waals surface area contributed by atoms with E-state index in [1.807, 2.05) is 30.3 Å². The maximum atomic E-state index is 12.8. The smallest absolute Gasteiger partial charge is 0.163 e. The second-order valence-corrected chi connectivity index (χ2v) is 8.67. The first-order valence-electron chi connectivity index (χ1n) is 11.8. The molecule has 0 saturated heterocycles. The van der Waals surface area contributed by atoms with E-state index in [-0.39, 0.29) is 11.7 Å². The van der Waals surface area contributed by atoms with E-state index in [4.69, 9.17) is 4.74 Å². The van der Waals surface area contributed by atoms with Gasteiger partial charge in [-0.3, -0.25) is 4.79 Å². The molecular weight excluding hydrogens is 392 g/mol. The lowest BCUT2D eigenvalue weighted by Gasteiger charge is -2.21. The highest BCUT2D eigenvalue weighted by molar-refractivity contribution is 6.02. The van der Waals surface area contributed by atoms with Crippen LogP contribution in [0.4, 0.5) is 0 Å². The first-order chi connectivity index (χ1) is 15.7. The molecule has 0 spiro atoms. The number of rotatable bonds is 8. The lowest BCUT2D eigenvalue weighted by atomic mass is 9.81. The Kier molecular flexibility index (Phi) is 7.21. The number of ketones is 1. The van der Waals surface area contributed by atoms with Crippen LogP contribution in [0.3, 0.4) is 0 Å². The van der Waals surface area contributed by atoms with E-state index >= 15 is 0 Å². The van der Waals surface area contributed by atoms with Crippen LogP contribution in [0.25, 0.3) is 16.7 Å². The Morgan fingerprint density at radius 2 is 1.44 bits per heavy atom. The van der Waals surface area contributed by atoms with Gasteiger partial charge in [0.05, 0.1) is 7.11 Å². The first kappa shape index (κ1) is 22.1. The Hall–Kier alpha value is -3.13. The minimum atomic E-state index is -0.0558. The van der Waals surface area contributed by atoms with Gasteiger partial charge in [-0.25, -0.2) is 0 Å². The lowest BCUT2D eigenvalue weighted by Crippen LogP contribution is -2.15. The van der Waals surface area contributed by atoms with Gasteiger partial charge in [-0.1, -0.05) is 80.4 Å². The SMILES string of the molecule is CCCCCc1ccc(-c2ccc(C3=CC(=O)C(c4ccc(OC)cc4)CC3)cc2)cc1. The Morgan fingerprint density at radius 1 is 0.812 bits per heavy atom. The van der Waals surface area contributed by atoms with E-state index in [0.717, 1.165) is 41.7 Å². The van der Waals surface area contributed by atoms with E-state index < -0.39 is 0 Å². The van der Waals surface area contributed by atoms with E-state index in [1.54, 1.807) is 7.11 Å². The first-order valence-corrected chi connectivity index (χ1v) is 11.8. The topological polar surface area (TPSA) is 26.3 Å². The summed E-state index contributed by atoms with van der Waals surface area (Å²) < 4.78 is 5.23. The average molecular weight is 425 g/mol. The van der Waals surface area contributed by atoms with Crippen molar-refractivity contribution in [2.45, 2.75) is 51.4 Å². The second kappa shape index (κ2) is 10.5. The summed E-state index contributed by atoms with van der Waals surface area (Å²) in [6, 6.07) is 25.4. The second-order valence-electron chi connectivity index (χ2n) is 8.67. The van der Waals surface area contributed by atoms with Gasteiger partial charge in [0, 0.05) is 5.92 Å². The van der Waals surface area contributed by atoms with Crippen molar-refractivity contribution in [2.24, 2.45) is 0 Å². The fraction of sp³-hybridized carbons (Fsp3) is 0.300. The fourth-order valence-electron chi connectivity index (χ4n) is 4.50. The van der Waals surface area contributed by atoms with Crippen molar-refractivity contribution in [3.8, 4) is 16.9 Å². The molecule has 3 aromatic rings. The molecule has 0 fully saturated rings. The fourth-order valence-corrected chi connectivity index (χ4v) is 4.50. The van der Waals surface area contributed by atoms with Gasteiger partial charge < -0.3 is 4.74 Å². The molecule has 0 heterocycles. The molecule has 4 rings (SSSR count). The molecule has 32 heavy (non-hydrogen) atoms. The lowest BCUT2D eigenvalue weighted by molar-refractivity contribution is -0.116. The van der Waals surface area contributed by atoms with Crippen molar-refractivity contribution >= 4 is 11.4 Å². The van der Waals surface area contributed by atoms with Crippen LogP contribution in [0.15, 0.2) is 78.9 Å². The third kappa shape index (κ3) is 5.19. The third-order valence-corrected chi connectivity index (χ3v) is 6.49. The van der Waals surface area contributed by atoms with E-state index in [1.165, 1.54) is 36.0 Å². The number of ether oxygens (including phenoxy) is 1. The Bertz CT molecular complexity index is 1060. The van der Waals surface area contributed by atoms with Crippen molar-refractivity contribution in [1.29, 1.82) is 0 Å². The summed E-state index contributed by atoms with van der Waals surface area (Å²) in [6.07, 6.45) is 8.58. The molecule has 1 aliphatic carbocycles. The van der Waals surface area contributed by atoms with E-state index in [9.17, 15) is 4.79 Å². The molecule has 0 saturated carbocycles. The molecule has 0 radical (unpaired) electrons. The minimum absolute atomic E-state index is 0.0558. The molecule has 164 valence electrons. The molecular formula is C30H32O2. The number of carbonyl (C=O) groups is 1. The van der Waals surface area contributed by atoms with Gasteiger partial charge in [0.1, 0.15) is 5.75 Å². The normalized spacial score (nSPS) is 16.0. The molecule has 0 amide bonds. The summed E-state index contributed by atoms with van der Waals surface area (Å²) in [4.78, 5) is 12.8. The summed E-state index contributed by atoms with van der Waals surface area (Å²) in [5.41, 5.74) is 7.22. The molecule has 2 nitrogen and oxygen atoms in total. The molecule has 1 atom stereocenters. The van der Waals surface area contributed by atoms with Crippen LogP contribution >= 0.6 is 0 Å². The molecule has 3 aromatic carbocycles. The summed E-state index contributed by atoms with van der Waals surface area (Å²) in [5, 5.41) is 0. The summed E-state index contributed by atoms with van der Waals surface area (Å²) in [5.74, 6) is 0.957. The summed E-state index contributed by atoms with van der Waals surface area (Å²) in [7, 11) is 1.66. The van der Waals surface area contributed by atoms with Gasteiger partial charge in [0.2, 0.25) is 0 Å². The monoisotopic (exact) mass is 424 g/mol. The number of benzene rings is 3. The van der Waals surface area contributed by atoms with Crippen molar-refractivity contribution in [1.82, 2.24) is 0 Å². The molecule has 1 aliphatic rings. The molecule has 0 aromatic heterocycles. The van der Waals surface area contributed by atoms with Crippen molar-refractivity contribution < 1.29 is 9.53 Å². The molecule has 1 unspecified atom stereocenters. The largest absolute Gasteiger partial charge is 0.497 e. The van der Waals surface area contributed by atoms with Crippen LogP contribution in [0.5, 0.6) is 5.75 Å². The third-order valence-electron chi connectivity index (χ3n) is 6.49. The number of methoxy groups -OCH3 is 1. The van der Waals surface area contributed by atoms with Gasteiger partial charge >= 0.3 is 0 Å². The highest BCUT2D eigenvalue weighted by atomic mass is 16.5. The maximum absolute atomic E-state index is 12.8. The number of unbranched alkanes of at least 4 members (excludes halogenated alkanes) is 2. The number of aryl methyl sites for hydroxylation is 1. The van der Waals surface area contributed by atoms with Gasteiger partial charge in [0.25, 0.3) is 0 Å². The highest BCUT2D eigenvalue weighted by Gasteiger charge is 2.24. The summed E-state index contributed by atoms with van der Waals surface area (Å²) >= 11 is 0. The number of allylic oxidation sites excluding steroid dienone is 2. The van der Waals surface area contributed by atoms with Crippen LogP contribution in [0, 0.1) is 0 Å². The van der Waals surface area contributed by atoms with Crippen LogP contribution < -0.4 is 4.74 Å². The maximum Gasteiger partial charge on any atom is 0.163 e. The number of hydrogen-bond acceptors (Lipinski definition) is 2. The zero-order valence-corrected chi connectivity index (χ0v) is 19.1. The van der Waals surface area contributed by atoms with Crippen molar-refractivity contribution in [2.75, 3.05) is 7.11 Å². The summed E-state index contributed by atoms with van der Waals surface area (Å²) in [6.45, 7) is 2.24. The zero-order chi connectivity index (χ0) is 22.3. The Labute approximate surface area is 192 Å². The molecule has 0 aliphatic heterocycles. The van der Waals surface area contributed by atoms with Crippen LogP contribution in [-0.4, -0.2) is 12.9 Å².